The number of hydrogen-bond acceptors (Lipinski definition) is 3. The Morgan fingerprint density at radius 3 is 2.40 bits per heavy atom. The number of aliphatic hydroxyl groups is 1. The summed E-state index contributed by atoms with van der Waals surface area (Å²) < 4.78 is 5.84. The van der Waals surface area contributed by atoms with Crippen molar-refractivity contribution in [3.05, 3.63) is 60.2 Å². The Morgan fingerprint density at radius 1 is 1.04 bits per heavy atom. The van der Waals surface area contributed by atoms with Gasteiger partial charge in [0.2, 0.25) is 0 Å². The fourth-order valence-electron chi connectivity index (χ4n) is 3.60. The van der Waals surface area contributed by atoms with Gasteiger partial charge in [0.25, 0.3) is 0 Å². The van der Waals surface area contributed by atoms with E-state index in [2.05, 4.69) is 31.3 Å². The van der Waals surface area contributed by atoms with Crippen molar-refractivity contribution in [3.63, 3.8) is 0 Å². The molecule has 0 spiro atoms. The quantitative estimate of drug-likeness (QED) is 0.777. The van der Waals surface area contributed by atoms with Crippen molar-refractivity contribution < 1.29 is 9.84 Å². The fraction of sp³-hybridized carbons (Fsp3) is 0.455. The van der Waals surface area contributed by atoms with E-state index in [1.807, 2.05) is 42.5 Å². The molecule has 3 heteroatoms. The molecule has 1 fully saturated rings. The summed E-state index contributed by atoms with van der Waals surface area (Å²) in [6, 6.07) is 18.9. The Bertz CT molecular complexity index is 641. The monoisotopic (exact) mass is 339 g/mol. The van der Waals surface area contributed by atoms with E-state index in [9.17, 15) is 5.11 Å². The second kappa shape index (κ2) is 8.50. The highest BCUT2D eigenvalue weighted by molar-refractivity contribution is 5.33. The maximum absolute atomic E-state index is 10.3. The second-order valence-corrected chi connectivity index (χ2v) is 7.25. The summed E-state index contributed by atoms with van der Waals surface area (Å²) in [5.41, 5.74) is 1.31. The van der Waals surface area contributed by atoms with Crippen molar-refractivity contribution in [2.24, 2.45) is 5.92 Å². The van der Waals surface area contributed by atoms with Crippen LogP contribution in [0.4, 0.5) is 0 Å². The number of benzene rings is 2. The largest absolute Gasteiger partial charge is 0.457 e. The zero-order valence-corrected chi connectivity index (χ0v) is 15.2. The van der Waals surface area contributed by atoms with Gasteiger partial charge in [0.1, 0.15) is 11.5 Å². The number of rotatable bonds is 7. The molecule has 1 aliphatic rings. The van der Waals surface area contributed by atoms with Crippen LogP contribution < -0.4 is 10.1 Å². The van der Waals surface area contributed by atoms with Crippen LogP contribution in [-0.4, -0.2) is 23.3 Å². The van der Waals surface area contributed by atoms with Crippen LogP contribution in [0.1, 0.15) is 38.7 Å². The van der Waals surface area contributed by atoms with Crippen LogP contribution in [0.15, 0.2) is 54.6 Å². The van der Waals surface area contributed by atoms with Crippen LogP contribution in [0, 0.1) is 5.92 Å². The van der Waals surface area contributed by atoms with Crippen molar-refractivity contribution >= 4 is 0 Å². The molecule has 25 heavy (non-hydrogen) atoms. The Morgan fingerprint density at radius 2 is 1.72 bits per heavy atom. The lowest BCUT2D eigenvalue weighted by molar-refractivity contribution is 0.141. The normalized spacial score (nSPS) is 24.2. The lowest BCUT2D eigenvalue weighted by atomic mass is 9.97. The molecule has 2 aromatic carbocycles. The van der Waals surface area contributed by atoms with Gasteiger partial charge in [0, 0.05) is 12.1 Å². The first-order chi connectivity index (χ1) is 12.1. The molecule has 2 aromatic rings. The van der Waals surface area contributed by atoms with Crippen LogP contribution in [0.5, 0.6) is 11.5 Å². The van der Waals surface area contributed by atoms with Crippen LogP contribution in [0.3, 0.4) is 0 Å². The van der Waals surface area contributed by atoms with E-state index in [1.165, 1.54) is 5.56 Å². The van der Waals surface area contributed by atoms with E-state index >= 15 is 0 Å². The molecule has 3 nitrogen and oxygen atoms in total. The molecule has 0 saturated heterocycles. The molecular weight excluding hydrogens is 310 g/mol. The van der Waals surface area contributed by atoms with Gasteiger partial charge in [-0.15, -0.1) is 0 Å². The number of ether oxygens (including phenoxy) is 1. The van der Waals surface area contributed by atoms with Gasteiger partial charge in [-0.2, -0.15) is 0 Å². The van der Waals surface area contributed by atoms with Crippen LogP contribution in [-0.2, 0) is 6.42 Å². The summed E-state index contributed by atoms with van der Waals surface area (Å²) in [6.45, 7) is 4.36. The summed E-state index contributed by atoms with van der Waals surface area (Å²) in [7, 11) is 0. The third-order valence-corrected chi connectivity index (χ3v) is 5.16. The summed E-state index contributed by atoms with van der Waals surface area (Å²) in [5.74, 6) is 2.25. The molecule has 2 N–H and O–H groups in total. The summed E-state index contributed by atoms with van der Waals surface area (Å²) in [6.07, 6.45) is 3.82. The molecule has 1 aliphatic carbocycles. The average molecular weight is 339 g/mol. The molecule has 0 radical (unpaired) electrons. The first-order valence-electron chi connectivity index (χ1n) is 9.40. The number of hydrogen-bond donors (Lipinski definition) is 2. The summed E-state index contributed by atoms with van der Waals surface area (Å²) in [5, 5.41) is 13.9. The number of aliphatic hydroxyl groups excluding tert-OH is 1. The van der Waals surface area contributed by atoms with Gasteiger partial charge < -0.3 is 15.2 Å². The maximum Gasteiger partial charge on any atom is 0.127 e. The maximum atomic E-state index is 10.3. The van der Waals surface area contributed by atoms with Crippen molar-refractivity contribution in [2.75, 3.05) is 0 Å². The van der Waals surface area contributed by atoms with Crippen molar-refractivity contribution in [1.29, 1.82) is 0 Å². The van der Waals surface area contributed by atoms with Crippen LogP contribution in [0.2, 0.25) is 0 Å². The van der Waals surface area contributed by atoms with E-state index in [1.54, 1.807) is 0 Å². The van der Waals surface area contributed by atoms with E-state index in [4.69, 9.17) is 4.74 Å². The molecule has 3 rings (SSSR count). The van der Waals surface area contributed by atoms with Gasteiger partial charge in [-0.25, -0.2) is 0 Å². The predicted octanol–water partition coefficient (Wildman–Crippen LogP) is 4.55. The first kappa shape index (κ1) is 18.0. The van der Waals surface area contributed by atoms with E-state index < -0.39 is 0 Å². The zero-order chi connectivity index (χ0) is 17.6. The van der Waals surface area contributed by atoms with Gasteiger partial charge in [-0.3, -0.25) is 0 Å². The Labute approximate surface area is 151 Å². The molecule has 0 amide bonds. The van der Waals surface area contributed by atoms with Crippen molar-refractivity contribution in [1.82, 2.24) is 5.32 Å². The summed E-state index contributed by atoms with van der Waals surface area (Å²) >= 11 is 0. The SMILES string of the molecule is CCC(C)N[C@@H]1C[C@@H](Cc2ccc(Oc3ccccc3)cc2)C[C@H]1O. The second-order valence-electron chi connectivity index (χ2n) is 7.25. The van der Waals surface area contributed by atoms with Gasteiger partial charge in [0.05, 0.1) is 6.10 Å². The third-order valence-electron chi connectivity index (χ3n) is 5.16. The third kappa shape index (κ3) is 5.07. The Balaban J connectivity index is 1.53. The highest BCUT2D eigenvalue weighted by Gasteiger charge is 2.33. The number of para-hydroxylation sites is 1. The minimum Gasteiger partial charge on any atom is -0.457 e. The molecule has 4 atom stereocenters. The van der Waals surface area contributed by atoms with E-state index in [0.717, 1.165) is 37.2 Å². The van der Waals surface area contributed by atoms with Gasteiger partial charge in [-0.05, 0) is 68.4 Å². The minimum atomic E-state index is -0.223. The lowest BCUT2D eigenvalue weighted by Gasteiger charge is -2.21. The highest BCUT2D eigenvalue weighted by atomic mass is 16.5. The van der Waals surface area contributed by atoms with Gasteiger partial charge in [0.15, 0.2) is 0 Å². The molecule has 0 aliphatic heterocycles. The fourth-order valence-corrected chi connectivity index (χ4v) is 3.60. The molecule has 0 heterocycles. The predicted molar refractivity (Wildman–Crippen MR) is 102 cm³/mol. The number of nitrogens with one attached hydrogen (secondary N) is 1. The molecular formula is C22H29NO2. The molecule has 0 aromatic heterocycles. The standard InChI is InChI=1S/C22H29NO2/c1-3-16(2)23-21-14-18(15-22(21)24)13-17-9-11-20(12-10-17)25-19-7-5-4-6-8-19/h4-12,16,18,21-24H,3,13-15H2,1-2H3/t16?,18-,21-,22-/m1/s1. The Hall–Kier alpha value is -1.84. The first-order valence-corrected chi connectivity index (χ1v) is 9.40. The lowest BCUT2D eigenvalue weighted by Crippen LogP contribution is -2.40. The van der Waals surface area contributed by atoms with Crippen molar-refractivity contribution in [2.45, 2.75) is 57.7 Å². The van der Waals surface area contributed by atoms with Gasteiger partial charge in [-0.1, -0.05) is 37.3 Å². The highest BCUT2D eigenvalue weighted by Crippen LogP contribution is 2.30. The molecule has 134 valence electrons. The summed E-state index contributed by atoms with van der Waals surface area (Å²) in [4.78, 5) is 0. The van der Waals surface area contributed by atoms with E-state index in [-0.39, 0.29) is 12.1 Å². The molecule has 1 unspecified atom stereocenters. The smallest absolute Gasteiger partial charge is 0.127 e. The van der Waals surface area contributed by atoms with Crippen molar-refractivity contribution in [3.8, 4) is 11.5 Å². The zero-order valence-electron chi connectivity index (χ0n) is 15.2. The van der Waals surface area contributed by atoms with Gasteiger partial charge >= 0.3 is 0 Å². The average Bonchev–Trinajstić information content (AvgIpc) is 2.96. The van der Waals surface area contributed by atoms with Crippen LogP contribution >= 0.6 is 0 Å². The Kier molecular flexibility index (Phi) is 6.11. The van der Waals surface area contributed by atoms with Crippen LogP contribution in [0.25, 0.3) is 0 Å². The minimum absolute atomic E-state index is 0.223. The molecule has 0 bridgehead atoms. The topological polar surface area (TPSA) is 41.5 Å². The van der Waals surface area contributed by atoms with E-state index in [0.29, 0.717) is 12.0 Å². The molecule has 1 saturated carbocycles.